The third-order valence-corrected chi connectivity index (χ3v) is 3.43. The maximum Gasteiger partial charge on any atom is 0.141 e. The van der Waals surface area contributed by atoms with E-state index in [1.165, 1.54) is 0 Å². The highest BCUT2D eigenvalue weighted by atomic mass is 16.5. The van der Waals surface area contributed by atoms with Crippen LogP contribution in [0.4, 0.5) is 0 Å². The van der Waals surface area contributed by atoms with Gasteiger partial charge >= 0.3 is 0 Å². The summed E-state index contributed by atoms with van der Waals surface area (Å²) < 4.78 is 5.73. The zero-order chi connectivity index (χ0) is 12.8. The highest BCUT2D eigenvalue weighted by Crippen LogP contribution is 2.38. The standard InChI is InChI=1S/C16H11NO2/c18-13-6-3-4-10-8-11-9-19-14-7-2-1-5-12(14)15(11)17-16(10)13/h1-8,18H,9H2. The Morgan fingerprint density at radius 2 is 1.95 bits per heavy atom. The largest absolute Gasteiger partial charge is 0.506 e. The topological polar surface area (TPSA) is 42.4 Å². The molecule has 0 spiro atoms. The van der Waals surface area contributed by atoms with Crippen molar-refractivity contribution in [2.45, 2.75) is 6.61 Å². The number of nitrogens with zero attached hydrogens (tertiary/aromatic N) is 1. The number of aromatic hydroxyl groups is 1. The van der Waals surface area contributed by atoms with E-state index in [-0.39, 0.29) is 5.75 Å². The molecule has 4 rings (SSSR count). The van der Waals surface area contributed by atoms with E-state index in [1.54, 1.807) is 6.07 Å². The maximum atomic E-state index is 9.93. The normalized spacial score (nSPS) is 12.6. The number of phenols is 1. The lowest BCUT2D eigenvalue weighted by molar-refractivity contribution is 0.302. The van der Waals surface area contributed by atoms with E-state index in [2.05, 4.69) is 4.98 Å². The second-order valence-electron chi connectivity index (χ2n) is 4.63. The Labute approximate surface area is 110 Å². The first-order valence-electron chi connectivity index (χ1n) is 6.17. The average Bonchev–Trinajstić information content (AvgIpc) is 2.46. The van der Waals surface area contributed by atoms with Crippen molar-refractivity contribution in [3.63, 3.8) is 0 Å². The molecule has 0 saturated heterocycles. The van der Waals surface area contributed by atoms with E-state index in [1.807, 2.05) is 42.5 Å². The first kappa shape index (κ1) is 10.4. The van der Waals surface area contributed by atoms with E-state index in [4.69, 9.17) is 4.74 Å². The molecule has 2 aromatic carbocycles. The van der Waals surface area contributed by atoms with Crippen LogP contribution in [0.3, 0.4) is 0 Å². The monoisotopic (exact) mass is 249 g/mol. The average molecular weight is 249 g/mol. The van der Waals surface area contributed by atoms with Crippen LogP contribution in [0, 0.1) is 0 Å². The lowest BCUT2D eigenvalue weighted by Gasteiger charge is -2.20. The minimum absolute atomic E-state index is 0.212. The molecule has 0 saturated carbocycles. The Morgan fingerprint density at radius 1 is 1.05 bits per heavy atom. The lowest BCUT2D eigenvalue weighted by Crippen LogP contribution is -2.07. The van der Waals surface area contributed by atoms with Crippen molar-refractivity contribution in [1.82, 2.24) is 4.98 Å². The van der Waals surface area contributed by atoms with Gasteiger partial charge in [0.15, 0.2) is 0 Å². The molecule has 1 aliphatic rings. The zero-order valence-corrected chi connectivity index (χ0v) is 10.1. The Hall–Kier alpha value is -2.55. The molecule has 0 fully saturated rings. The van der Waals surface area contributed by atoms with Crippen LogP contribution in [-0.2, 0) is 6.61 Å². The number of ether oxygens (including phenoxy) is 1. The summed E-state index contributed by atoms with van der Waals surface area (Å²) >= 11 is 0. The molecular weight excluding hydrogens is 238 g/mol. The Bertz CT molecular complexity index is 796. The molecule has 0 unspecified atom stereocenters. The molecule has 0 aliphatic carbocycles. The molecule has 3 heteroatoms. The molecule has 1 N–H and O–H groups in total. The van der Waals surface area contributed by atoms with Gasteiger partial charge in [-0.2, -0.15) is 0 Å². The van der Waals surface area contributed by atoms with Crippen molar-refractivity contribution in [2.75, 3.05) is 0 Å². The molecule has 0 amide bonds. The predicted molar refractivity (Wildman–Crippen MR) is 73.2 cm³/mol. The minimum Gasteiger partial charge on any atom is -0.506 e. The van der Waals surface area contributed by atoms with Crippen LogP contribution in [0.2, 0.25) is 0 Å². The van der Waals surface area contributed by atoms with Gasteiger partial charge in [0, 0.05) is 16.5 Å². The summed E-state index contributed by atoms with van der Waals surface area (Å²) in [5.41, 5.74) is 3.57. The van der Waals surface area contributed by atoms with Crippen LogP contribution in [-0.4, -0.2) is 10.1 Å². The molecule has 1 aliphatic heterocycles. The van der Waals surface area contributed by atoms with Crippen LogP contribution >= 0.6 is 0 Å². The second-order valence-corrected chi connectivity index (χ2v) is 4.63. The van der Waals surface area contributed by atoms with Crippen LogP contribution in [0.1, 0.15) is 5.56 Å². The van der Waals surface area contributed by atoms with Gasteiger partial charge in [-0.05, 0) is 24.3 Å². The van der Waals surface area contributed by atoms with Crippen molar-refractivity contribution >= 4 is 10.9 Å². The number of fused-ring (bicyclic) bond motifs is 4. The van der Waals surface area contributed by atoms with Gasteiger partial charge in [0.05, 0.1) is 5.69 Å². The van der Waals surface area contributed by atoms with Gasteiger partial charge < -0.3 is 9.84 Å². The summed E-state index contributed by atoms with van der Waals surface area (Å²) in [6.45, 7) is 0.519. The van der Waals surface area contributed by atoms with Gasteiger partial charge in [-0.3, -0.25) is 0 Å². The first-order valence-corrected chi connectivity index (χ1v) is 6.17. The summed E-state index contributed by atoms with van der Waals surface area (Å²) in [4.78, 5) is 4.63. The Kier molecular flexibility index (Phi) is 2.03. The summed E-state index contributed by atoms with van der Waals surface area (Å²) in [5.74, 6) is 1.06. The smallest absolute Gasteiger partial charge is 0.141 e. The molecule has 3 nitrogen and oxygen atoms in total. The molecule has 0 atom stereocenters. The summed E-state index contributed by atoms with van der Waals surface area (Å²) in [6, 6.07) is 15.3. The molecular formula is C16H11NO2. The minimum atomic E-state index is 0.212. The number of pyridine rings is 1. The summed E-state index contributed by atoms with van der Waals surface area (Å²) in [5, 5.41) is 10.9. The Balaban J connectivity index is 2.08. The van der Waals surface area contributed by atoms with E-state index in [0.29, 0.717) is 12.1 Å². The quantitative estimate of drug-likeness (QED) is 0.663. The molecule has 19 heavy (non-hydrogen) atoms. The Morgan fingerprint density at radius 3 is 2.89 bits per heavy atom. The van der Waals surface area contributed by atoms with Gasteiger partial charge in [0.1, 0.15) is 23.6 Å². The summed E-state index contributed by atoms with van der Waals surface area (Å²) in [7, 11) is 0. The van der Waals surface area contributed by atoms with E-state index >= 15 is 0 Å². The van der Waals surface area contributed by atoms with Gasteiger partial charge in [0.25, 0.3) is 0 Å². The van der Waals surface area contributed by atoms with Crippen LogP contribution < -0.4 is 4.74 Å². The van der Waals surface area contributed by atoms with Gasteiger partial charge in [-0.1, -0.05) is 24.3 Å². The fraction of sp³-hybridized carbons (Fsp3) is 0.0625. The van der Waals surface area contributed by atoms with Gasteiger partial charge in [-0.15, -0.1) is 0 Å². The third kappa shape index (κ3) is 1.48. The van der Waals surface area contributed by atoms with Gasteiger partial charge in [-0.25, -0.2) is 4.98 Å². The predicted octanol–water partition coefficient (Wildman–Crippen LogP) is 3.50. The molecule has 0 radical (unpaired) electrons. The van der Waals surface area contributed by atoms with E-state index < -0.39 is 0 Å². The number of rotatable bonds is 0. The molecule has 92 valence electrons. The molecule has 1 aromatic heterocycles. The fourth-order valence-corrected chi connectivity index (χ4v) is 2.51. The van der Waals surface area contributed by atoms with Crippen LogP contribution in [0.15, 0.2) is 48.5 Å². The maximum absolute atomic E-state index is 9.93. The summed E-state index contributed by atoms with van der Waals surface area (Å²) in [6.07, 6.45) is 0. The number of para-hydroxylation sites is 2. The number of phenolic OH excluding ortho intramolecular Hbond substituents is 1. The third-order valence-electron chi connectivity index (χ3n) is 3.43. The number of benzene rings is 2. The van der Waals surface area contributed by atoms with E-state index in [9.17, 15) is 5.11 Å². The van der Waals surface area contributed by atoms with Crippen LogP contribution in [0.5, 0.6) is 11.5 Å². The second kappa shape index (κ2) is 3.72. The fourth-order valence-electron chi connectivity index (χ4n) is 2.51. The van der Waals surface area contributed by atoms with Crippen molar-refractivity contribution in [2.24, 2.45) is 0 Å². The molecule has 0 bridgehead atoms. The van der Waals surface area contributed by atoms with Crippen molar-refractivity contribution in [1.29, 1.82) is 0 Å². The van der Waals surface area contributed by atoms with Crippen molar-refractivity contribution < 1.29 is 9.84 Å². The molecule has 3 aromatic rings. The number of hydrogen-bond donors (Lipinski definition) is 1. The number of hydrogen-bond acceptors (Lipinski definition) is 3. The lowest BCUT2D eigenvalue weighted by atomic mass is 10.0. The number of aromatic nitrogens is 1. The SMILES string of the molecule is Oc1cccc2cc3c(nc12)-c1ccccc1OC3. The first-order chi connectivity index (χ1) is 9.33. The zero-order valence-electron chi connectivity index (χ0n) is 10.1. The highest BCUT2D eigenvalue weighted by molar-refractivity contribution is 5.88. The van der Waals surface area contributed by atoms with Crippen LogP contribution in [0.25, 0.3) is 22.2 Å². The molecule has 2 heterocycles. The highest BCUT2D eigenvalue weighted by Gasteiger charge is 2.19. The van der Waals surface area contributed by atoms with Gasteiger partial charge in [0.2, 0.25) is 0 Å². The van der Waals surface area contributed by atoms with Crippen molar-refractivity contribution in [3.8, 4) is 22.8 Å². The van der Waals surface area contributed by atoms with Crippen molar-refractivity contribution in [3.05, 3.63) is 54.1 Å². The van der Waals surface area contributed by atoms with E-state index in [0.717, 1.165) is 28.0 Å².